The Morgan fingerprint density at radius 1 is 1.47 bits per heavy atom. The summed E-state index contributed by atoms with van der Waals surface area (Å²) < 4.78 is 0.371. The van der Waals surface area contributed by atoms with Crippen molar-refractivity contribution in [1.29, 1.82) is 0 Å². The maximum absolute atomic E-state index is 3.89. The summed E-state index contributed by atoms with van der Waals surface area (Å²) in [5, 5.41) is 10.2. The Hall–Kier alpha value is -0.190. The Morgan fingerprint density at radius 2 is 2.20 bits per heavy atom. The first-order chi connectivity index (χ1) is 6.58. The summed E-state index contributed by atoms with van der Waals surface area (Å²) >= 11 is 1.98. The summed E-state index contributed by atoms with van der Waals surface area (Å²) in [6.07, 6.45) is 1.78. The van der Waals surface area contributed by atoms with Crippen molar-refractivity contribution < 1.29 is 0 Å². The molecule has 0 amide bonds. The van der Waals surface area contributed by atoms with Crippen LogP contribution in [0.15, 0.2) is 12.3 Å². The SMILES string of the molecule is CC(C)(C)SCCNCc1ccn[nH]1.Cl. The Kier molecular flexibility index (Phi) is 7.05. The second-order valence-electron chi connectivity index (χ2n) is 4.22. The zero-order valence-electron chi connectivity index (χ0n) is 9.54. The van der Waals surface area contributed by atoms with Gasteiger partial charge in [-0.3, -0.25) is 5.10 Å². The van der Waals surface area contributed by atoms with Gasteiger partial charge in [-0.05, 0) is 6.07 Å². The number of nitrogens with zero attached hydrogens (tertiary/aromatic N) is 1. The number of thioether (sulfide) groups is 1. The van der Waals surface area contributed by atoms with Crippen LogP contribution in [-0.2, 0) is 6.54 Å². The van der Waals surface area contributed by atoms with E-state index in [1.54, 1.807) is 6.20 Å². The molecule has 0 fully saturated rings. The lowest BCUT2D eigenvalue weighted by Gasteiger charge is -2.17. The van der Waals surface area contributed by atoms with E-state index >= 15 is 0 Å². The topological polar surface area (TPSA) is 40.7 Å². The molecule has 0 aliphatic rings. The van der Waals surface area contributed by atoms with E-state index in [0.29, 0.717) is 4.75 Å². The molecule has 1 aromatic heterocycles. The highest BCUT2D eigenvalue weighted by Crippen LogP contribution is 2.21. The van der Waals surface area contributed by atoms with Gasteiger partial charge in [-0.1, -0.05) is 20.8 Å². The molecule has 0 atom stereocenters. The van der Waals surface area contributed by atoms with Crippen LogP contribution in [0.25, 0.3) is 0 Å². The number of halogens is 1. The summed E-state index contributed by atoms with van der Waals surface area (Å²) in [4.78, 5) is 0. The molecule has 0 aliphatic heterocycles. The molecule has 1 heterocycles. The average Bonchev–Trinajstić information content (AvgIpc) is 2.54. The van der Waals surface area contributed by atoms with E-state index in [9.17, 15) is 0 Å². The van der Waals surface area contributed by atoms with Crippen LogP contribution in [0, 0.1) is 0 Å². The van der Waals surface area contributed by atoms with Gasteiger partial charge >= 0.3 is 0 Å². The number of aromatic amines is 1. The Balaban J connectivity index is 0.00000196. The van der Waals surface area contributed by atoms with Gasteiger partial charge < -0.3 is 5.32 Å². The highest BCUT2D eigenvalue weighted by molar-refractivity contribution is 8.00. The zero-order valence-corrected chi connectivity index (χ0v) is 11.2. The molecule has 15 heavy (non-hydrogen) atoms. The third kappa shape index (κ3) is 7.71. The molecular formula is C10H20ClN3S. The molecule has 1 aromatic rings. The second-order valence-corrected chi connectivity index (χ2v) is 6.14. The molecule has 2 N–H and O–H groups in total. The first-order valence-electron chi connectivity index (χ1n) is 4.91. The van der Waals surface area contributed by atoms with E-state index in [0.717, 1.165) is 24.5 Å². The van der Waals surface area contributed by atoms with Gasteiger partial charge in [0.05, 0.1) is 0 Å². The van der Waals surface area contributed by atoms with Gasteiger partial charge in [0.1, 0.15) is 0 Å². The fourth-order valence-electron chi connectivity index (χ4n) is 1.04. The summed E-state index contributed by atoms with van der Waals surface area (Å²) in [7, 11) is 0. The maximum Gasteiger partial charge on any atom is 0.0490 e. The maximum atomic E-state index is 3.89. The number of rotatable bonds is 5. The number of hydrogen-bond acceptors (Lipinski definition) is 3. The van der Waals surface area contributed by atoms with Crippen LogP contribution in [0.2, 0.25) is 0 Å². The first kappa shape index (κ1) is 14.8. The average molecular weight is 250 g/mol. The highest BCUT2D eigenvalue weighted by atomic mass is 35.5. The van der Waals surface area contributed by atoms with Crippen LogP contribution < -0.4 is 5.32 Å². The lowest BCUT2D eigenvalue weighted by Crippen LogP contribution is -2.19. The van der Waals surface area contributed by atoms with Gasteiger partial charge in [0.25, 0.3) is 0 Å². The number of hydrogen-bond donors (Lipinski definition) is 2. The van der Waals surface area contributed by atoms with E-state index in [4.69, 9.17) is 0 Å². The molecule has 0 bridgehead atoms. The van der Waals surface area contributed by atoms with Crippen molar-refractivity contribution in [1.82, 2.24) is 15.5 Å². The normalized spacial score (nSPS) is 11.1. The minimum absolute atomic E-state index is 0. The standard InChI is InChI=1S/C10H19N3S.ClH/c1-10(2,3)14-7-6-11-8-9-4-5-12-13-9;/h4-5,11H,6-8H2,1-3H3,(H,12,13);1H. The molecule has 0 saturated carbocycles. The number of aromatic nitrogens is 2. The van der Waals surface area contributed by atoms with Crippen LogP contribution >= 0.6 is 24.2 Å². The molecule has 5 heteroatoms. The van der Waals surface area contributed by atoms with Crippen molar-refractivity contribution in [2.45, 2.75) is 32.1 Å². The van der Waals surface area contributed by atoms with Crippen LogP contribution in [0.1, 0.15) is 26.5 Å². The van der Waals surface area contributed by atoms with Gasteiger partial charge in [0.2, 0.25) is 0 Å². The van der Waals surface area contributed by atoms with E-state index in [2.05, 4.69) is 36.3 Å². The second kappa shape index (κ2) is 7.14. The van der Waals surface area contributed by atoms with Crippen molar-refractivity contribution in [2.24, 2.45) is 0 Å². The van der Waals surface area contributed by atoms with Gasteiger partial charge in [-0.15, -0.1) is 12.4 Å². The predicted octanol–water partition coefficient (Wildman–Crippen LogP) is 2.45. The summed E-state index contributed by atoms with van der Waals surface area (Å²) in [6, 6.07) is 1.99. The molecule has 0 spiro atoms. The van der Waals surface area contributed by atoms with Crippen LogP contribution in [0.5, 0.6) is 0 Å². The minimum atomic E-state index is 0. The third-order valence-electron chi connectivity index (χ3n) is 1.69. The van der Waals surface area contributed by atoms with Crippen molar-refractivity contribution in [3.63, 3.8) is 0 Å². The van der Waals surface area contributed by atoms with Crippen LogP contribution in [0.3, 0.4) is 0 Å². The Morgan fingerprint density at radius 3 is 2.73 bits per heavy atom. The van der Waals surface area contributed by atoms with Crippen molar-refractivity contribution in [2.75, 3.05) is 12.3 Å². The predicted molar refractivity (Wildman–Crippen MR) is 69.8 cm³/mol. The molecular weight excluding hydrogens is 230 g/mol. The van der Waals surface area contributed by atoms with Gasteiger partial charge in [-0.25, -0.2) is 0 Å². The minimum Gasteiger partial charge on any atom is -0.310 e. The molecule has 3 nitrogen and oxygen atoms in total. The lowest BCUT2D eigenvalue weighted by atomic mass is 10.3. The van der Waals surface area contributed by atoms with Crippen LogP contribution in [-0.4, -0.2) is 27.2 Å². The summed E-state index contributed by atoms with van der Waals surface area (Å²) in [5.74, 6) is 1.15. The Bertz CT molecular complexity index is 244. The molecule has 88 valence electrons. The van der Waals surface area contributed by atoms with Crippen molar-refractivity contribution in [3.05, 3.63) is 18.0 Å². The lowest BCUT2D eigenvalue weighted by molar-refractivity contribution is 0.708. The zero-order chi connectivity index (χ0) is 10.4. The molecule has 0 aliphatic carbocycles. The monoisotopic (exact) mass is 249 g/mol. The molecule has 1 rings (SSSR count). The van der Waals surface area contributed by atoms with Crippen molar-refractivity contribution in [3.8, 4) is 0 Å². The quantitative estimate of drug-likeness (QED) is 0.788. The van der Waals surface area contributed by atoms with E-state index in [1.807, 2.05) is 17.8 Å². The van der Waals surface area contributed by atoms with Gasteiger partial charge in [0, 0.05) is 35.5 Å². The summed E-state index contributed by atoms with van der Waals surface area (Å²) in [5.41, 5.74) is 1.14. The first-order valence-corrected chi connectivity index (χ1v) is 5.89. The number of H-pyrrole nitrogens is 1. The molecule has 0 aromatic carbocycles. The van der Waals surface area contributed by atoms with Gasteiger partial charge in [0.15, 0.2) is 0 Å². The smallest absolute Gasteiger partial charge is 0.0490 e. The largest absolute Gasteiger partial charge is 0.310 e. The van der Waals surface area contributed by atoms with Crippen molar-refractivity contribution >= 4 is 24.2 Å². The van der Waals surface area contributed by atoms with Crippen LogP contribution in [0.4, 0.5) is 0 Å². The van der Waals surface area contributed by atoms with E-state index in [1.165, 1.54) is 0 Å². The van der Waals surface area contributed by atoms with E-state index in [-0.39, 0.29) is 12.4 Å². The molecule has 0 radical (unpaired) electrons. The van der Waals surface area contributed by atoms with Gasteiger partial charge in [-0.2, -0.15) is 16.9 Å². The fourth-order valence-corrected chi connectivity index (χ4v) is 1.89. The molecule has 0 unspecified atom stereocenters. The summed E-state index contributed by atoms with van der Waals surface area (Å²) in [6.45, 7) is 8.65. The fraction of sp³-hybridized carbons (Fsp3) is 0.700. The molecule has 0 saturated heterocycles. The third-order valence-corrected chi connectivity index (χ3v) is 2.96. The van der Waals surface area contributed by atoms with E-state index < -0.39 is 0 Å². The highest BCUT2D eigenvalue weighted by Gasteiger charge is 2.08. The Labute approximate surface area is 102 Å². The number of nitrogens with one attached hydrogen (secondary N) is 2.